The van der Waals surface area contributed by atoms with Crippen molar-refractivity contribution in [2.45, 2.75) is 19.3 Å². The Hall–Kier alpha value is -2.57. The van der Waals surface area contributed by atoms with Crippen molar-refractivity contribution in [2.24, 2.45) is 0 Å². The number of ether oxygens (including phenoxy) is 5. The Bertz CT molecular complexity index is 728. The molecule has 0 unspecified atom stereocenters. The van der Waals surface area contributed by atoms with Crippen molar-refractivity contribution in [3.05, 3.63) is 53.6 Å². The second-order valence-corrected chi connectivity index (χ2v) is 5.90. The molecule has 0 amide bonds. The average molecular weight is 374 g/mol. The van der Waals surface area contributed by atoms with Crippen LogP contribution in [0.25, 0.3) is 0 Å². The maximum atomic E-state index is 12.5. The van der Waals surface area contributed by atoms with Gasteiger partial charge < -0.3 is 23.7 Å². The zero-order valence-corrected chi connectivity index (χ0v) is 16.0. The zero-order chi connectivity index (χ0) is 19.5. The lowest BCUT2D eigenvalue weighted by Gasteiger charge is -2.13. The van der Waals surface area contributed by atoms with E-state index in [1.807, 2.05) is 30.3 Å². The van der Waals surface area contributed by atoms with Gasteiger partial charge in [0.15, 0.2) is 13.6 Å². The number of carbonyl (C=O) groups excluding carboxylic acids is 1. The average Bonchev–Trinajstić information content (AvgIpc) is 2.70. The molecule has 0 aromatic heterocycles. The van der Waals surface area contributed by atoms with Crippen LogP contribution in [0.2, 0.25) is 0 Å². The van der Waals surface area contributed by atoms with E-state index in [1.54, 1.807) is 33.5 Å². The van der Waals surface area contributed by atoms with Crippen molar-refractivity contribution in [3.8, 4) is 17.2 Å². The Labute approximate surface area is 160 Å². The van der Waals surface area contributed by atoms with E-state index in [-0.39, 0.29) is 25.8 Å². The number of rotatable bonds is 12. The minimum absolute atomic E-state index is 0.104. The predicted molar refractivity (Wildman–Crippen MR) is 101 cm³/mol. The van der Waals surface area contributed by atoms with Gasteiger partial charge in [-0.05, 0) is 36.2 Å². The summed E-state index contributed by atoms with van der Waals surface area (Å²) in [6, 6.07) is 13.0. The number of methoxy groups -OCH3 is 3. The first-order chi connectivity index (χ1) is 13.2. The van der Waals surface area contributed by atoms with Crippen LogP contribution in [0.1, 0.15) is 17.5 Å². The van der Waals surface area contributed by atoms with Crippen LogP contribution in [0.3, 0.4) is 0 Å². The second kappa shape index (κ2) is 11.2. The molecule has 6 heteroatoms. The van der Waals surface area contributed by atoms with E-state index in [9.17, 15) is 4.79 Å². The number of benzene rings is 2. The number of hydrogen-bond donors (Lipinski definition) is 0. The summed E-state index contributed by atoms with van der Waals surface area (Å²) >= 11 is 0. The molecule has 0 heterocycles. The van der Waals surface area contributed by atoms with Crippen LogP contribution in [-0.2, 0) is 27.1 Å². The minimum atomic E-state index is 0.104. The molecule has 2 aromatic carbocycles. The Morgan fingerprint density at radius 1 is 0.852 bits per heavy atom. The molecule has 2 rings (SSSR count). The van der Waals surface area contributed by atoms with E-state index in [0.29, 0.717) is 24.3 Å². The number of carbonyl (C=O) groups is 1. The molecular weight excluding hydrogens is 348 g/mol. The molecule has 27 heavy (non-hydrogen) atoms. The van der Waals surface area contributed by atoms with Gasteiger partial charge >= 0.3 is 0 Å². The standard InChI is InChI=1S/C21H26O6/c1-23-14-26-20-7-5-4-6-16(20)8-9-18(22)12-17-13-19(25-3)10-11-21(17)27-15-24-2/h4-7,10-11,13H,8-9,12,14-15H2,1-3H3. The van der Waals surface area contributed by atoms with Gasteiger partial charge in [-0.25, -0.2) is 0 Å². The normalized spacial score (nSPS) is 10.5. The van der Waals surface area contributed by atoms with E-state index in [0.717, 1.165) is 16.9 Å². The SMILES string of the molecule is COCOc1ccccc1CCC(=O)Cc1cc(OC)ccc1OCOC. The highest BCUT2D eigenvalue weighted by atomic mass is 16.7. The summed E-state index contributed by atoms with van der Waals surface area (Å²) in [6.45, 7) is 0.298. The van der Waals surface area contributed by atoms with E-state index >= 15 is 0 Å². The Morgan fingerprint density at radius 2 is 1.52 bits per heavy atom. The first-order valence-electron chi connectivity index (χ1n) is 8.68. The van der Waals surface area contributed by atoms with Gasteiger partial charge in [-0.2, -0.15) is 0 Å². The van der Waals surface area contributed by atoms with Gasteiger partial charge in [0.05, 0.1) is 7.11 Å². The number of hydrogen-bond acceptors (Lipinski definition) is 6. The number of ketones is 1. The maximum absolute atomic E-state index is 12.5. The Morgan fingerprint density at radius 3 is 2.19 bits per heavy atom. The molecule has 0 saturated carbocycles. The zero-order valence-electron chi connectivity index (χ0n) is 16.0. The summed E-state index contributed by atoms with van der Waals surface area (Å²) in [5.41, 5.74) is 1.75. The predicted octanol–water partition coefficient (Wildman–Crippen LogP) is 3.41. The van der Waals surface area contributed by atoms with E-state index < -0.39 is 0 Å². The summed E-state index contributed by atoms with van der Waals surface area (Å²) in [7, 11) is 4.72. The van der Waals surface area contributed by atoms with Crippen molar-refractivity contribution >= 4 is 5.78 Å². The monoisotopic (exact) mass is 374 g/mol. The molecule has 0 radical (unpaired) electrons. The van der Waals surface area contributed by atoms with Crippen molar-refractivity contribution in [1.82, 2.24) is 0 Å². The topological polar surface area (TPSA) is 63.2 Å². The van der Waals surface area contributed by atoms with Crippen molar-refractivity contribution in [2.75, 3.05) is 34.9 Å². The molecule has 0 atom stereocenters. The largest absolute Gasteiger partial charge is 0.497 e. The Balaban J connectivity index is 2.01. The third-order valence-electron chi connectivity index (χ3n) is 3.97. The number of para-hydroxylation sites is 1. The van der Waals surface area contributed by atoms with Crippen LogP contribution in [0.15, 0.2) is 42.5 Å². The first-order valence-corrected chi connectivity index (χ1v) is 8.68. The molecule has 0 aliphatic heterocycles. The summed E-state index contributed by atoms with van der Waals surface area (Å²) in [5.74, 6) is 2.14. The number of Topliss-reactive ketones (excluding diaryl/α,β-unsaturated/α-hetero) is 1. The minimum Gasteiger partial charge on any atom is -0.497 e. The van der Waals surface area contributed by atoms with Gasteiger partial charge in [-0.15, -0.1) is 0 Å². The summed E-state index contributed by atoms with van der Waals surface area (Å²) < 4.78 is 26.2. The molecule has 0 bridgehead atoms. The fraction of sp³-hybridized carbons (Fsp3) is 0.381. The molecule has 2 aromatic rings. The van der Waals surface area contributed by atoms with Crippen LogP contribution < -0.4 is 14.2 Å². The summed E-state index contributed by atoms with van der Waals surface area (Å²) in [5, 5.41) is 0. The lowest BCUT2D eigenvalue weighted by Crippen LogP contribution is -2.09. The van der Waals surface area contributed by atoms with E-state index in [2.05, 4.69) is 0 Å². The highest BCUT2D eigenvalue weighted by Gasteiger charge is 2.12. The molecule has 6 nitrogen and oxygen atoms in total. The fourth-order valence-corrected chi connectivity index (χ4v) is 2.63. The first kappa shape index (κ1) is 20.7. The van der Waals surface area contributed by atoms with E-state index in [1.165, 1.54) is 0 Å². The third kappa shape index (κ3) is 6.58. The lowest BCUT2D eigenvalue weighted by atomic mass is 10.0. The molecule has 0 spiro atoms. The van der Waals surface area contributed by atoms with Gasteiger partial charge in [0.1, 0.15) is 23.0 Å². The quantitative estimate of drug-likeness (QED) is 0.531. The van der Waals surface area contributed by atoms with Gasteiger partial charge in [0.2, 0.25) is 0 Å². The third-order valence-corrected chi connectivity index (χ3v) is 3.97. The molecule has 0 fully saturated rings. The van der Waals surface area contributed by atoms with Crippen LogP contribution in [-0.4, -0.2) is 40.7 Å². The second-order valence-electron chi connectivity index (χ2n) is 5.90. The van der Waals surface area contributed by atoms with Crippen LogP contribution in [0.5, 0.6) is 17.2 Å². The lowest BCUT2D eigenvalue weighted by molar-refractivity contribution is -0.118. The summed E-state index contributed by atoms with van der Waals surface area (Å²) in [6.07, 6.45) is 1.25. The van der Waals surface area contributed by atoms with Gasteiger partial charge in [-0.1, -0.05) is 18.2 Å². The molecule has 0 aliphatic rings. The van der Waals surface area contributed by atoms with Crippen molar-refractivity contribution < 1.29 is 28.5 Å². The summed E-state index contributed by atoms with van der Waals surface area (Å²) in [4.78, 5) is 12.5. The fourth-order valence-electron chi connectivity index (χ4n) is 2.63. The van der Waals surface area contributed by atoms with Crippen LogP contribution in [0.4, 0.5) is 0 Å². The van der Waals surface area contributed by atoms with Gasteiger partial charge in [0.25, 0.3) is 0 Å². The van der Waals surface area contributed by atoms with Crippen molar-refractivity contribution in [3.63, 3.8) is 0 Å². The van der Waals surface area contributed by atoms with Gasteiger partial charge in [-0.3, -0.25) is 4.79 Å². The molecular formula is C21H26O6. The Kier molecular flexibility index (Phi) is 8.61. The van der Waals surface area contributed by atoms with E-state index in [4.69, 9.17) is 23.7 Å². The highest BCUT2D eigenvalue weighted by molar-refractivity contribution is 5.82. The van der Waals surface area contributed by atoms with Gasteiger partial charge in [0, 0.05) is 32.6 Å². The van der Waals surface area contributed by atoms with Crippen molar-refractivity contribution in [1.29, 1.82) is 0 Å². The molecule has 146 valence electrons. The van der Waals surface area contributed by atoms with Crippen LogP contribution >= 0.6 is 0 Å². The highest BCUT2D eigenvalue weighted by Crippen LogP contribution is 2.26. The van der Waals surface area contributed by atoms with Crippen LogP contribution in [0, 0.1) is 0 Å². The number of aryl methyl sites for hydroxylation is 1. The molecule has 0 saturated heterocycles. The molecule has 0 N–H and O–H groups in total. The smallest absolute Gasteiger partial charge is 0.188 e. The molecule has 0 aliphatic carbocycles. The maximum Gasteiger partial charge on any atom is 0.188 e.